The van der Waals surface area contributed by atoms with Crippen LogP contribution in [0.1, 0.15) is 26.7 Å². The van der Waals surface area contributed by atoms with E-state index in [0.717, 1.165) is 39.1 Å². The fourth-order valence-electron chi connectivity index (χ4n) is 1.62. The number of nitrogens with zero attached hydrogens (tertiary/aromatic N) is 1. The Kier molecular flexibility index (Phi) is 4.70. The van der Waals surface area contributed by atoms with E-state index in [1.54, 1.807) is 0 Å². The third-order valence-electron chi connectivity index (χ3n) is 2.32. The molecule has 3 nitrogen and oxygen atoms in total. The van der Waals surface area contributed by atoms with E-state index in [9.17, 15) is 5.11 Å². The lowest BCUT2D eigenvalue weighted by molar-refractivity contribution is 0.0709. The highest BCUT2D eigenvalue weighted by Crippen LogP contribution is 2.08. The van der Waals surface area contributed by atoms with Crippen molar-refractivity contribution in [1.82, 2.24) is 4.90 Å². The Morgan fingerprint density at radius 1 is 1.54 bits per heavy atom. The Balaban J connectivity index is 1.94. The maximum absolute atomic E-state index is 9.27. The Morgan fingerprint density at radius 2 is 2.31 bits per heavy atom. The van der Waals surface area contributed by atoms with Crippen LogP contribution in [0.2, 0.25) is 0 Å². The second kappa shape index (κ2) is 5.58. The predicted molar refractivity (Wildman–Crippen MR) is 52.8 cm³/mol. The first-order chi connectivity index (χ1) is 6.18. The molecule has 0 radical (unpaired) electrons. The van der Waals surface area contributed by atoms with Crippen LogP contribution in [-0.4, -0.2) is 48.5 Å². The molecule has 0 unspecified atom stereocenters. The van der Waals surface area contributed by atoms with E-state index in [4.69, 9.17) is 4.74 Å². The first-order valence-electron chi connectivity index (χ1n) is 5.20. The molecule has 13 heavy (non-hydrogen) atoms. The van der Waals surface area contributed by atoms with Gasteiger partial charge in [-0.1, -0.05) is 0 Å². The fraction of sp³-hybridized carbons (Fsp3) is 1.00. The average Bonchev–Trinajstić information content (AvgIpc) is 2.45. The van der Waals surface area contributed by atoms with Gasteiger partial charge in [0, 0.05) is 26.2 Å². The number of hydrogen-bond donors (Lipinski definition) is 1. The molecule has 3 heteroatoms. The number of hydrogen-bond acceptors (Lipinski definition) is 3. The summed E-state index contributed by atoms with van der Waals surface area (Å²) in [5.74, 6) is 0. The molecule has 0 aromatic heterocycles. The van der Waals surface area contributed by atoms with Gasteiger partial charge in [0.25, 0.3) is 0 Å². The molecule has 1 fully saturated rings. The van der Waals surface area contributed by atoms with Crippen LogP contribution in [0.15, 0.2) is 0 Å². The average molecular weight is 187 g/mol. The lowest BCUT2D eigenvalue weighted by Gasteiger charge is -2.15. The summed E-state index contributed by atoms with van der Waals surface area (Å²) in [6.45, 7) is 7.90. The molecule has 1 saturated heterocycles. The largest absolute Gasteiger partial charge is 0.392 e. The lowest BCUT2D eigenvalue weighted by Crippen LogP contribution is -2.24. The van der Waals surface area contributed by atoms with Gasteiger partial charge in [0.2, 0.25) is 0 Å². The molecule has 0 amide bonds. The Morgan fingerprint density at radius 3 is 2.85 bits per heavy atom. The SMILES string of the molecule is CC(C)OCCCN1CC[C@H](O)C1. The van der Waals surface area contributed by atoms with Crippen molar-refractivity contribution in [3.63, 3.8) is 0 Å². The van der Waals surface area contributed by atoms with Gasteiger partial charge in [-0.15, -0.1) is 0 Å². The van der Waals surface area contributed by atoms with E-state index in [1.807, 2.05) is 0 Å². The van der Waals surface area contributed by atoms with Gasteiger partial charge >= 0.3 is 0 Å². The zero-order valence-electron chi connectivity index (χ0n) is 8.70. The van der Waals surface area contributed by atoms with Crippen LogP contribution in [0.4, 0.5) is 0 Å². The first kappa shape index (κ1) is 11.0. The van der Waals surface area contributed by atoms with Gasteiger partial charge in [-0.2, -0.15) is 0 Å². The van der Waals surface area contributed by atoms with Gasteiger partial charge in [-0.3, -0.25) is 0 Å². The monoisotopic (exact) mass is 187 g/mol. The third kappa shape index (κ3) is 4.60. The van der Waals surface area contributed by atoms with Crippen LogP contribution < -0.4 is 0 Å². The summed E-state index contributed by atoms with van der Waals surface area (Å²) in [7, 11) is 0. The lowest BCUT2D eigenvalue weighted by atomic mass is 10.3. The molecule has 78 valence electrons. The van der Waals surface area contributed by atoms with Gasteiger partial charge in [0.05, 0.1) is 12.2 Å². The van der Waals surface area contributed by atoms with Crippen molar-refractivity contribution in [1.29, 1.82) is 0 Å². The fourth-order valence-corrected chi connectivity index (χ4v) is 1.62. The molecule has 0 spiro atoms. The van der Waals surface area contributed by atoms with Crippen molar-refractivity contribution in [2.75, 3.05) is 26.2 Å². The standard InChI is InChI=1S/C10H21NO2/c1-9(2)13-7-3-5-11-6-4-10(12)8-11/h9-10,12H,3-8H2,1-2H3/t10-/m0/s1. The molecule has 0 saturated carbocycles. The van der Waals surface area contributed by atoms with Crippen molar-refractivity contribution in [2.45, 2.75) is 38.9 Å². The Bertz CT molecular complexity index is 139. The third-order valence-corrected chi connectivity index (χ3v) is 2.32. The second-order valence-corrected chi connectivity index (χ2v) is 4.02. The van der Waals surface area contributed by atoms with E-state index in [1.165, 1.54) is 0 Å². The van der Waals surface area contributed by atoms with E-state index < -0.39 is 0 Å². The molecule has 1 aliphatic heterocycles. The zero-order valence-corrected chi connectivity index (χ0v) is 8.70. The van der Waals surface area contributed by atoms with Crippen LogP contribution in [0.5, 0.6) is 0 Å². The van der Waals surface area contributed by atoms with Crippen molar-refractivity contribution in [3.05, 3.63) is 0 Å². The van der Waals surface area contributed by atoms with E-state index >= 15 is 0 Å². The van der Waals surface area contributed by atoms with Crippen molar-refractivity contribution in [3.8, 4) is 0 Å². The van der Waals surface area contributed by atoms with Crippen LogP contribution >= 0.6 is 0 Å². The highest BCUT2D eigenvalue weighted by atomic mass is 16.5. The van der Waals surface area contributed by atoms with Crippen molar-refractivity contribution >= 4 is 0 Å². The van der Waals surface area contributed by atoms with Gasteiger partial charge in [-0.05, 0) is 26.7 Å². The van der Waals surface area contributed by atoms with Gasteiger partial charge < -0.3 is 14.7 Å². The minimum absolute atomic E-state index is 0.0917. The van der Waals surface area contributed by atoms with Crippen molar-refractivity contribution < 1.29 is 9.84 Å². The number of aliphatic hydroxyl groups excluding tert-OH is 1. The summed E-state index contributed by atoms with van der Waals surface area (Å²) in [4.78, 5) is 2.30. The van der Waals surface area contributed by atoms with E-state index in [-0.39, 0.29) is 6.10 Å². The molecule has 1 heterocycles. The number of β-amino-alcohol motifs (C(OH)–C–C–N with tert-alkyl or cyclic N) is 1. The van der Waals surface area contributed by atoms with Gasteiger partial charge in [-0.25, -0.2) is 0 Å². The topological polar surface area (TPSA) is 32.7 Å². The summed E-state index contributed by atoms with van der Waals surface area (Å²) < 4.78 is 5.44. The van der Waals surface area contributed by atoms with Crippen LogP contribution in [0.25, 0.3) is 0 Å². The van der Waals surface area contributed by atoms with Crippen LogP contribution in [0.3, 0.4) is 0 Å². The van der Waals surface area contributed by atoms with Gasteiger partial charge in [0.1, 0.15) is 0 Å². The summed E-state index contributed by atoms with van der Waals surface area (Å²) in [6.07, 6.45) is 2.26. The molecule has 0 aromatic rings. The maximum atomic E-state index is 9.27. The molecule has 0 bridgehead atoms. The molecule has 1 aliphatic rings. The van der Waals surface area contributed by atoms with Crippen molar-refractivity contribution in [2.24, 2.45) is 0 Å². The van der Waals surface area contributed by atoms with Gasteiger partial charge in [0.15, 0.2) is 0 Å². The maximum Gasteiger partial charge on any atom is 0.0679 e. The summed E-state index contributed by atoms with van der Waals surface area (Å²) in [5.41, 5.74) is 0. The summed E-state index contributed by atoms with van der Waals surface area (Å²) >= 11 is 0. The minimum Gasteiger partial charge on any atom is -0.392 e. The zero-order chi connectivity index (χ0) is 9.68. The molecular weight excluding hydrogens is 166 g/mol. The van der Waals surface area contributed by atoms with E-state index in [0.29, 0.717) is 6.10 Å². The quantitative estimate of drug-likeness (QED) is 0.648. The summed E-state index contributed by atoms with van der Waals surface area (Å²) in [6, 6.07) is 0. The molecule has 1 rings (SSSR count). The Labute approximate surface area is 80.7 Å². The number of aliphatic hydroxyl groups is 1. The highest BCUT2D eigenvalue weighted by molar-refractivity contribution is 4.73. The molecular formula is C10H21NO2. The number of likely N-dealkylation sites (tertiary alicyclic amines) is 1. The second-order valence-electron chi connectivity index (χ2n) is 4.02. The minimum atomic E-state index is -0.0917. The molecule has 0 aliphatic carbocycles. The molecule has 1 N–H and O–H groups in total. The number of rotatable bonds is 5. The highest BCUT2D eigenvalue weighted by Gasteiger charge is 2.18. The Hall–Kier alpha value is -0.120. The predicted octanol–water partition coefficient (Wildman–Crippen LogP) is 0.868. The normalized spacial score (nSPS) is 24.5. The smallest absolute Gasteiger partial charge is 0.0679 e. The van der Waals surface area contributed by atoms with Crippen LogP contribution in [0, 0.1) is 0 Å². The molecule has 1 atom stereocenters. The van der Waals surface area contributed by atoms with Crippen LogP contribution in [-0.2, 0) is 4.74 Å². The molecule has 0 aromatic carbocycles. The summed E-state index contributed by atoms with van der Waals surface area (Å²) in [5, 5.41) is 9.27. The number of ether oxygens (including phenoxy) is 1. The first-order valence-corrected chi connectivity index (χ1v) is 5.20. The van der Waals surface area contributed by atoms with E-state index in [2.05, 4.69) is 18.7 Å².